The third-order valence-electron chi connectivity index (χ3n) is 5.10. The predicted octanol–water partition coefficient (Wildman–Crippen LogP) is 2.56. The second-order valence-corrected chi connectivity index (χ2v) is 7.20. The number of fused-ring (bicyclic) bond motifs is 1. The first-order valence-electron chi connectivity index (χ1n) is 8.68. The van der Waals surface area contributed by atoms with Gasteiger partial charge in [0.25, 0.3) is 6.01 Å². The van der Waals surface area contributed by atoms with Crippen LogP contribution in [0.5, 0.6) is 0 Å². The molecule has 5 nitrogen and oxygen atoms in total. The predicted molar refractivity (Wildman–Crippen MR) is 90.8 cm³/mol. The van der Waals surface area contributed by atoms with Crippen molar-refractivity contribution in [3.63, 3.8) is 0 Å². The van der Waals surface area contributed by atoms with Gasteiger partial charge in [-0.3, -0.25) is 0 Å². The fraction of sp³-hybridized carbons (Fsp3) is 0.611. The highest BCUT2D eigenvalue weighted by Crippen LogP contribution is 2.30. The molecule has 4 rings (SSSR count). The number of aryl methyl sites for hydroxylation is 1. The van der Waals surface area contributed by atoms with E-state index in [1.807, 2.05) is 18.2 Å². The van der Waals surface area contributed by atoms with E-state index in [0.717, 1.165) is 43.7 Å². The number of oxazole rings is 1. The molecule has 0 unspecified atom stereocenters. The summed E-state index contributed by atoms with van der Waals surface area (Å²) in [6.07, 6.45) is 4.61. The highest BCUT2D eigenvalue weighted by Gasteiger charge is 2.39. The number of piperidine rings is 1. The maximum Gasteiger partial charge on any atom is 0.298 e. The number of β-amino-alcohol motifs (C(OH)–C–C–N with tert-alkyl or cyclic N) is 1. The van der Waals surface area contributed by atoms with Crippen LogP contribution in [0.25, 0.3) is 11.1 Å². The monoisotopic (exact) mass is 315 g/mol. The molecule has 5 heteroatoms. The SMILES string of the molecule is Cc1ccc2oc(N3CC[C@@](O)(CN4CCCCC4)C3)nc2c1. The summed E-state index contributed by atoms with van der Waals surface area (Å²) in [5.41, 5.74) is 2.25. The molecule has 0 bridgehead atoms. The van der Waals surface area contributed by atoms with Gasteiger partial charge in [-0.25, -0.2) is 0 Å². The highest BCUT2D eigenvalue weighted by atomic mass is 16.4. The molecule has 2 fully saturated rings. The number of aromatic nitrogens is 1. The number of anilines is 1. The molecule has 1 N–H and O–H groups in total. The van der Waals surface area contributed by atoms with Crippen molar-refractivity contribution in [3.05, 3.63) is 23.8 Å². The molecule has 3 heterocycles. The van der Waals surface area contributed by atoms with Crippen molar-refractivity contribution in [2.24, 2.45) is 0 Å². The van der Waals surface area contributed by atoms with E-state index in [0.29, 0.717) is 12.6 Å². The number of rotatable bonds is 3. The summed E-state index contributed by atoms with van der Waals surface area (Å²) in [7, 11) is 0. The average Bonchev–Trinajstić information content (AvgIpc) is 3.11. The van der Waals surface area contributed by atoms with Crippen molar-refractivity contribution >= 4 is 17.1 Å². The second-order valence-electron chi connectivity index (χ2n) is 7.20. The minimum absolute atomic E-state index is 0.606. The third kappa shape index (κ3) is 3.08. The van der Waals surface area contributed by atoms with Gasteiger partial charge in [0.15, 0.2) is 5.58 Å². The Kier molecular flexibility index (Phi) is 3.77. The number of likely N-dealkylation sites (tertiary alicyclic amines) is 1. The van der Waals surface area contributed by atoms with Crippen LogP contribution in [0.3, 0.4) is 0 Å². The Hall–Kier alpha value is -1.59. The van der Waals surface area contributed by atoms with Crippen molar-refractivity contribution in [2.75, 3.05) is 37.6 Å². The van der Waals surface area contributed by atoms with Crippen LogP contribution < -0.4 is 4.90 Å². The molecule has 1 atom stereocenters. The van der Waals surface area contributed by atoms with E-state index in [1.54, 1.807) is 0 Å². The van der Waals surface area contributed by atoms with E-state index < -0.39 is 5.60 Å². The van der Waals surface area contributed by atoms with Gasteiger partial charge in [-0.1, -0.05) is 12.5 Å². The zero-order chi connectivity index (χ0) is 15.9. The first-order valence-corrected chi connectivity index (χ1v) is 8.68. The van der Waals surface area contributed by atoms with E-state index in [-0.39, 0.29) is 0 Å². The zero-order valence-corrected chi connectivity index (χ0v) is 13.8. The van der Waals surface area contributed by atoms with Gasteiger partial charge in [0.1, 0.15) is 5.52 Å². The topological polar surface area (TPSA) is 52.7 Å². The van der Waals surface area contributed by atoms with Gasteiger partial charge < -0.3 is 19.3 Å². The molecule has 0 amide bonds. The van der Waals surface area contributed by atoms with Crippen LogP contribution in [0.1, 0.15) is 31.2 Å². The average molecular weight is 315 g/mol. The minimum Gasteiger partial charge on any atom is -0.423 e. The fourth-order valence-corrected chi connectivity index (χ4v) is 3.84. The lowest BCUT2D eigenvalue weighted by Gasteiger charge is -2.33. The van der Waals surface area contributed by atoms with Gasteiger partial charge in [0.2, 0.25) is 0 Å². The van der Waals surface area contributed by atoms with Crippen molar-refractivity contribution in [3.8, 4) is 0 Å². The summed E-state index contributed by atoms with van der Waals surface area (Å²) in [6.45, 7) is 6.46. The first kappa shape index (κ1) is 15.0. The van der Waals surface area contributed by atoms with Crippen molar-refractivity contribution in [2.45, 2.75) is 38.2 Å². The van der Waals surface area contributed by atoms with E-state index >= 15 is 0 Å². The van der Waals surface area contributed by atoms with Gasteiger partial charge in [0, 0.05) is 13.1 Å². The molecule has 1 aromatic heterocycles. The second kappa shape index (κ2) is 5.80. The molecule has 0 aliphatic carbocycles. The Morgan fingerprint density at radius 1 is 1.22 bits per heavy atom. The number of hydrogen-bond donors (Lipinski definition) is 1. The molecule has 2 saturated heterocycles. The van der Waals surface area contributed by atoms with Crippen LogP contribution in [-0.2, 0) is 0 Å². The largest absolute Gasteiger partial charge is 0.423 e. The minimum atomic E-state index is -0.645. The summed E-state index contributed by atoms with van der Waals surface area (Å²) in [5, 5.41) is 10.9. The molecule has 124 valence electrons. The summed E-state index contributed by atoms with van der Waals surface area (Å²) in [6, 6.07) is 6.68. The van der Waals surface area contributed by atoms with E-state index in [2.05, 4.69) is 21.7 Å². The molecule has 23 heavy (non-hydrogen) atoms. The standard InChI is InChI=1S/C18H25N3O2/c1-14-5-6-16-15(11-14)19-17(23-16)21-10-7-18(22,13-21)12-20-8-3-2-4-9-20/h5-6,11,22H,2-4,7-10,12-13H2,1H3/t18-/m1/s1. The van der Waals surface area contributed by atoms with Crippen LogP contribution in [0.4, 0.5) is 6.01 Å². The summed E-state index contributed by atoms with van der Waals surface area (Å²) < 4.78 is 5.88. The van der Waals surface area contributed by atoms with Crippen LogP contribution >= 0.6 is 0 Å². The Labute approximate surface area is 136 Å². The fourth-order valence-electron chi connectivity index (χ4n) is 3.84. The van der Waals surface area contributed by atoms with E-state index in [9.17, 15) is 5.11 Å². The molecule has 0 saturated carbocycles. The van der Waals surface area contributed by atoms with Gasteiger partial charge in [-0.05, 0) is 57.0 Å². The summed E-state index contributed by atoms with van der Waals surface area (Å²) in [4.78, 5) is 9.09. The van der Waals surface area contributed by atoms with Crippen molar-refractivity contribution in [1.82, 2.24) is 9.88 Å². The molecular formula is C18H25N3O2. The number of hydrogen-bond acceptors (Lipinski definition) is 5. The molecule has 0 spiro atoms. The van der Waals surface area contributed by atoms with Gasteiger partial charge in [-0.15, -0.1) is 0 Å². The Bertz CT molecular complexity index is 693. The number of aliphatic hydroxyl groups is 1. The van der Waals surface area contributed by atoms with Crippen LogP contribution in [0, 0.1) is 6.92 Å². The molecule has 1 aromatic carbocycles. The normalized spacial score (nSPS) is 26.3. The lowest BCUT2D eigenvalue weighted by Crippen LogP contribution is -2.46. The van der Waals surface area contributed by atoms with Crippen LogP contribution in [0.15, 0.2) is 22.6 Å². The zero-order valence-electron chi connectivity index (χ0n) is 13.8. The molecular weight excluding hydrogens is 290 g/mol. The molecule has 2 aromatic rings. The number of benzene rings is 1. The van der Waals surface area contributed by atoms with Crippen LogP contribution in [0.2, 0.25) is 0 Å². The van der Waals surface area contributed by atoms with Gasteiger partial charge in [0.05, 0.1) is 12.1 Å². The van der Waals surface area contributed by atoms with Gasteiger partial charge in [-0.2, -0.15) is 4.98 Å². The summed E-state index contributed by atoms with van der Waals surface area (Å²) >= 11 is 0. The smallest absolute Gasteiger partial charge is 0.298 e. The Morgan fingerprint density at radius 2 is 2.04 bits per heavy atom. The Balaban J connectivity index is 1.47. The lowest BCUT2D eigenvalue weighted by molar-refractivity contribution is 0.0168. The maximum absolute atomic E-state index is 10.9. The number of nitrogens with zero attached hydrogens (tertiary/aromatic N) is 3. The highest BCUT2D eigenvalue weighted by molar-refractivity contribution is 5.75. The van der Waals surface area contributed by atoms with Crippen molar-refractivity contribution in [1.29, 1.82) is 0 Å². The maximum atomic E-state index is 10.9. The van der Waals surface area contributed by atoms with Crippen molar-refractivity contribution < 1.29 is 9.52 Å². The Morgan fingerprint density at radius 3 is 2.87 bits per heavy atom. The third-order valence-corrected chi connectivity index (χ3v) is 5.10. The van der Waals surface area contributed by atoms with Gasteiger partial charge >= 0.3 is 0 Å². The molecule has 2 aliphatic heterocycles. The first-order chi connectivity index (χ1) is 11.1. The van der Waals surface area contributed by atoms with Crippen LogP contribution in [-0.4, -0.2) is 53.3 Å². The summed E-state index contributed by atoms with van der Waals surface area (Å²) in [5.74, 6) is 0. The van der Waals surface area contributed by atoms with E-state index in [4.69, 9.17) is 4.42 Å². The molecule has 0 radical (unpaired) electrons. The van der Waals surface area contributed by atoms with E-state index in [1.165, 1.54) is 24.8 Å². The quantitative estimate of drug-likeness (QED) is 0.943. The molecule has 2 aliphatic rings. The lowest BCUT2D eigenvalue weighted by atomic mass is 10.0.